The molecular weight excluding hydrogens is 354 g/mol. The molecule has 1 aliphatic heterocycles. The van der Waals surface area contributed by atoms with Gasteiger partial charge in [-0.1, -0.05) is 29.8 Å². The SMILES string of the molecule is COc1ccc([C@H]2[C@@H](Oc3ccc(O)cc3)C(=O)N2c2ccc(C)cc2)cc1. The number of aromatic hydroxyl groups is 1. The van der Waals surface area contributed by atoms with Crippen LogP contribution in [-0.2, 0) is 4.79 Å². The van der Waals surface area contributed by atoms with E-state index in [9.17, 15) is 9.90 Å². The second-order valence-electron chi connectivity index (χ2n) is 6.79. The van der Waals surface area contributed by atoms with E-state index in [0.29, 0.717) is 5.75 Å². The van der Waals surface area contributed by atoms with Crippen LogP contribution in [0.25, 0.3) is 0 Å². The maximum absolute atomic E-state index is 13.0. The Bertz CT molecular complexity index is 965. The van der Waals surface area contributed by atoms with E-state index in [1.165, 1.54) is 0 Å². The molecule has 1 N–H and O–H groups in total. The molecule has 0 saturated carbocycles. The molecule has 3 aromatic carbocycles. The first-order valence-corrected chi connectivity index (χ1v) is 9.06. The zero-order valence-corrected chi connectivity index (χ0v) is 15.7. The van der Waals surface area contributed by atoms with Crippen molar-refractivity contribution in [3.63, 3.8) is 0 Å². The maximum Gasteiger partial charge on any atom is 0.271 e. The third-order valence-electron chi connectivity index (χ3n) is 4.92. The van der Waals surface area contributed by atoms with Gasteiger partial charge in [-0.2, -0.15) is 0 Å². The lowest BCUT2D eigenvalue weighted by Gasteiger charge is -2.46. The van der Waals surface area contributed by atoms with E-state index >= 15 is 0 Å². The number of hydrogen-bond acceptors (Lipinski definition) is 4. The number of aryl methyl sites for hydroxylation is 1. The molecule has 3 aromatic rings. The Hall–Kier alpha value is -3.47. The molecule has 28 heavy (non-hydrogen) atoms. The molecule has 4 rings (SSSR count). The zero-order chi connectivity index (χ0) is 19.7. The van der Waals surface area contributed by atoms with Crippen LogP contribution in [0.15, 0.2) is 72.8 Å². The van der Waals surface area contributed by atoms with Crippen molar-refractivity contribution in [2.24, 2.45) is 0 Å². The van der Waals surface area contributed by atoms with Gasteiger partial charge in [0.05, 0.1) is 7.11 Å². The number of anilines is 1. The van der Waals surface area contributed by atoms with E-state index in [2.05, 4.69) is 0 Å². The summed E-state index contributed by atoms with van der Waals surface area (Å²) in [5.74, 6) is 1.35. The highest BCUT2D eigenvalue weighted by atomic mass is 16.5. The number of rotatable bonds is 5. The number of ether oxygens (including phenoxy) is 2. The van der Waals surface area contributed by atoms with Gasteiger partial charge < -0.3 is 14.6 Å². The molecule has 1 fully saturated rings. The minimum absolute atomic E-state index is 0.0993. The van der Waals surface area contributed by atoms with Crippen molar-refractivity contribution in [3.8, 4) is 17.2 Å². The van der Waals surface area contributed by atoms with Gasteiger partial charge >= 0.3 is 0 Å². The van der Waals surface area contributed by atoms with E-state index < -0.39 is 6.10 Å². The summed E-state index contributed by atoms with van der Waals surface area (Å²) in [5.41, 5.74) is 2.93. The number of methoxy groups -OCH3 is 1. The molecule has 5 heteroatoms. The van der Waals surface area contributed by atoms with Gasteiger partial charge in [-0.3, -0.25) is 9.69 Å². The Morgan fingerprint density at radius 1 is 0.857 bits per heavy atom. The van der Waals surface area contributed by atoms with E-state index in [0.717, 1.165) is 22.6 Å². The summed E-state index contributed by atoms with van der Waals surface area (Å²) in [6, 6.07) is 21.7. The number of carbonyl (C=O) groups is 1. The summed E-state index contributed by atoms with van der Waals surface area (Å²) in [5, 5.41) is 9.46. The van der Waals surface area contributed by atoms with E-state index in [1.807, 2.05) is 55.5 Å². The lowest BCUT2D eigenvalue weighted by atomic mass is 9.89. The number of amides is 1. The first-order chi connectivity index (χ1) is 13.6. The maximum atomic E-state index is 13.0. The Kier molecular flexibility index (Phi) is 4.65. The lowest BCUT2D eigenvalue weighted by Crippen LogP contribution is -2.61. The molecule has 1 aliphatic rings. The first-order valence-electron chi connectivity index (χ1n) is 9.06. The lowest BCUT2D eigenvalue weighted by molar-refractivity contribution is -0.135. The van der Waals surface area contributed by atoms with Crippen molar-refractivity contribution in [1.82, 2.24) is 0 Å². The molecule has 0 radical (unpaired) electrons. The topological polar surface area (TPSA) is 59.0 Å². The van der Waals surface area contributed by atoms with E-state index in [4.69, 9.17) is 9.47 Å². The summed E-state index contributed by atoms with van der Waals surface area (Å²) in [6.07, 6.45) is -0.640. The number of β-lactam (4-membered cyclic amide) rings is 1. The largest absolute Gasteiger partial charge is 0.508 e. The fraction of sp³-hybridized carbons (Fsp3) is 0.174. The van der Waals surface area contributed by atoms with Crippen LogP contribution in [0.2, 0.25) is 0 Å². The number of nitrogens with zero attached hydrogens (tertiary/aromatic N) is 1. The van der Waals surface area contributed by atoms with Gasteiger partial charge in [0.1, 0.15) is 23.3 Å². The second-order valence-corrected chi connectivity index (χ2v) is 6.79. The van der Waals surface area contributed by atoms with Crippen LogP contribution < -0.4 is 14.4 Å². The van der Waals surface area contributed by atoms with Gasteiger partial charge in [-0.25, -0.2) is 0 Å². The van der Waals surface area contributed by atoms with Crippen molar-refractivity contribution in [2.45, 2.75) is 19.1 Å². The average Bonchev–Trinajstić information content (AvgIpc) is 2.72. The smallest absolute Gasteiger partial charge is 0.271 e. The van der Waals surface area contributed by atoms with Crippen LogP contribution in [0.5, 0.6) is 17.2 Å². The third-order valence-corrected chi connectivity index (χ3v) is 4.92. The Morgan fingerprint density at radius 3 is 2.07 bits per heavy atom. The predicted molar refractivity (Wildman–Crippen MR) is 107 cm³/mol. The molecule has 0 aliphatic carbocycles. The summed E-state index contributed by atoms with van der Waals surface area (Å²) in [6.45, 7) is 2.01. The molecule has 1 saturated heterocycles. The van der Waals surface area contributed by atoms with E-state index in [-0.39, 0.29) is 17.7 Å². The number of phenolic OH excluding ortho intramolecular Hbond substituents is 1. The highest BCUT2D eigenvalue weighted by molar-refractivity contribution is 6.05. The van der Waals surface area contributed by atoms with Crippen molar-refractivity contribution < 1.29 is 19.4 Å². The standard InChI is InChI=1S/C23H21NO4/c1-15-3-7-17(8-4-15)24-21(16-5-11-19(27-2)12-6-16)22(23(24)26)28-20-13-9-18(25)10-14-20/h3-14,21-22,25H,1-2H3/t21-,22+/m0/s1. The van der Waals surface area contributed by atoms with Crippen molar-refractivity contribution in [3.05, 3.63) is 83.9 Å². The van der Waals surface area contributed by atoms with Crippen molar-refractivity contribution in [2.75, 3.05) is 12.0 Å². The van der Waals surface area contributed by atoms with Gasteiger partial charge in [0.15, 0.2) is 0 Å². The molecule has 5 nitrogen and oxygen atoms in total. The second kappa shape index (κ2) is 7.27. The van der Waals surface area contributed by atoms with E-state index in [1.54, 1.807) is 36.3 Å². The molecular formula is C23H21NO4. The van der Waals surface area contributed by atoms with Gasteiger partial charge in [-0.15, -0.1) is 0 Å². The third kappa shape index (κ3) is 3.27. The highest BCUT2D eigenvalue weighted by Crippen LogP contribution is 2.41. The minimum Gasteiger partial charge on any atom is -0.508 e. The van der Waals surface area contributed by atoms with Crippen molar-refractivity contribution >= 4 is 11.6 Å². The van der Waals surface area contributed by atoms with Crippen LogP contribution in [-0.4, -0.2) is 24.2 Å². The van der Waals surface area contributed by atoms with Gasteiger partial charge in [0.2, 0.25) is 6.10 Å². The molecule has 1 heterocycles. The first kappa shape index (κ1) is 17.9. The fourth-order valence-corrected chi connectivity index (χ4v) is 3.37. The van der Waals surface area contributed by atoms with Gasteiger partial charge in [0, 0.05) is 5.69 Å². The summed E-state index contributed by atoms with van der Waals surface area (Å²) in [4.78, 5) is 14.7. The molecule has 1 amide bonds. The Labute approximate surface area is 163 Å². The molecule has 0 spiro atoms. The number of phenols is 1. The monoisotopic (exact) mass is 375 g/mol. The average molecular weight is 375 g/mol. The number of benzene rings is 3. The quantitative estimate of drug-likeness (QED) is 0.678. The Balaban J connectivity index is 1.67. The van der Waals surface area contributed by atoms with Crippen LogP contribution in [0.3, 0.4) is 0 Å². The van der Waals surface area contributed by atoms with Crippen LogP contribution in [0.1, 0.15) is 17.2 Å². The molecule has 2 atom stereocenters. The van der Waals surface area contributed by atoms with Crippen molar-refractivity contribution in [1.29, 1.82) is 0 Å². The summed E-state index contributed by atoms with van der Waals surface area (Å²) in [7, 11) is 1.62. The number of carbonyl (C=O) groups excluding carboxylic acids is 1. The van der Waals surface area contributed by atoms with Gasteiger partial charge in [-0.05, 0) is 61.0 Å². The van der Waals surface area contributed by atoms with Crippen LogP contribution in [0, 0.1) is 6.92 Å². The normalized spacial score (nSPS) is 18.5. The summed E-state index contributed by atoms with van der Waals surface area (Å²) >= 11 is 0. The molecule has 0 aromatic heterocycles. The van der Waals surface area contributed by atoms with Crippen LogP contribution >= 0.6 is 0 Å². The minimum atomic E-state index is -0.640. The zero-order valence-electron chi connectivity index (χ0n) is 15.7. The summed E-state index contributed by atoms with van der Waals surface area (Å²) < 4.78 is 11.2. The molecule has 142 valence electrons. The van der Waals surface area contributed by atoms with Crippen LogP contribution in [0.4, 0.5) is 5.69 Å². The number of hydrogen-bond donors (Lipinski definition) is 1. The Morgan fingerprint density at radius 2 is 1.46 bits per heavy atom. The molecule has 0 unspecified atom stereocenters. The predicted octanol–water partition coefficient (Wildman–Crippen LogP) is 4.24. The fourth-order valence-electron chi connectivity index (χ4n) is 3.37. The van der Waals surface area contributed by atoms with Gasteiger partial charge in [0.25, 0.3) is 5.91 Å². The highest BCUT2D eigenvalue weighted by Gasteiger charge is 2.51. The molecule has 0 bridgehead atoms.